The highest BCUT2D eigenvalue weighted by Gasteiger charge is 2.57. The molecule has 2 aliphatic rings. The number of ether oxygens (including phenoxy) is 2. The molecule has 48 heavy (non-hydrogen) atoms. The Morgan fingerprint density at radius 2 is 1.44 bits per heavy atom. The van der Waals surface area contributed by atoms with Crippen molar-refractivity contribution in [2.24, 2.45) is 5.92 Å². The molecule has 1 spiro atoms. The number of rotatable bonds is 11. The van der Waals surface area contributed by atoms with Crippen molar-refractivity contribution in [2.75, 3.05) is 13.2 Å². The molecule has 3 atom stereocenters. The zero-order valence-electron chi connectivity index (χ0n) is 29.9. The van der Waals surface area contributed by atoms with Gasteiger partial charge in [-0.25, -0.2) is 4.79 Å². The summed E-state index contributed by atoms with van der Waals surface area (Å²) in [7, 11) is -2.69. The third-order valence-corrected chi connectivity index (χ3v) is 15.3. The van der Waals surface area contributed by atoms with E-state index in [0.717, 1.165) is 37.7 Å². The maximum Gasteiger partial charge on any atom is 0.411 e. The van der Waals surface area contributed by atoms with Crippen LogP contribution in [-0.2, 0) is 25.3 Å². The number of hydrogen-bond donors (Lipinski definition) is 0. The molecule has 0 radical (unpaired) electrons. The molecule has 1 heterocycles. The average molecular weight is 670 g/mol. The minimum atomic E-state index is -2.69. The molecule has 6 nitrogen and oxygen atoms in total. The van der Waals surface area contributed by atoms with E-state index in [1.54, 1.807) is 0 Å². The Morgan fingerprint density at radius 1 is 0.854 bits per heavy atom. The Morgan fingerprint density at radius 3 is 2.00 bits per heavy atom. The van der Waals surface area contributed by atoms with Crippen LogP contribution < -0.4 is 10.4 Å². The van der Waals surface area contributed by atoms with Crippen LogP contribution in [0.15, 0.2) is 91.0 Å². The third kappa shape index (κ3) is 7.79. The van der Waals surface area contributed by atoms with Gasteiger partial charge in [0.25, 0.3) is 8.32 Å². The summed E-state index contributed by atoms with van der Waals surface area (Å²) >= 11 is 0. The Kier molecular flexibility index (Phi) is 11.3. The molecule has 1 saturated heterocycles. The van der Waals surface area contributed by atoms with Crippen LogP contribution >= 0.6 is 0 Å². The number of nitrogens with zero attached hydrogens (tertiary/aromatic N) is 1. The molecule has 1 aliphatic heterocycles. The molecule has 7 heteroatoms. The second-order valence-corrected chi connectivity index (χ2v) is 20.0. The standard InChI is InChI=1S/C41H55NO5Si/c1-39(2,3)47-38(44)42-33(31-45-30-32-18-10-7-11-19-32)26-28-41(42)27-16-25-37(43)36(41)24-17-29-46-48(40(4,5)6,34-20-12-8-13-21-34)35-22-14-9-15-23-35/h7-15,18-23,33,36H,16-17,24-31H2,1-6H3/t33-,36+,41-/m0/s1. The van der Waals surface area contributed by atoms with Gasteiger partial charge < -0.3 is 13.9 Å². The summed E-state index contributed by atoms with van der Waals surface area (Å²) in [5.41, 5.74) is -0.120. The van der Waals surface area contributed by atoms with Crippen LogP contribution in [0.3, 0.4) is 0 Å². The summed E-state index contributed by atoms with van der Waals surface area (Å²) in [5, 5.41) is 2.38. The van der Waals surface area contributed by atoms with Gasteiger partial charge in [0.1, 0.15) is 11.4 Å². The minimum Gasteiger partial charge on any atom is -0.444 e. The van der Waals surface area contributed by atoms with Crippen molar-refractivity contribution in [1.29, 1.82) is 0 Å². The molecular formula is C41H55NO5Si. The maximum absolute atomic E-state index is 14.0. The van der Waals surface area contributed by atoms with Crippen molar-refractivity contribution < 1.29 is 23.5 Å². The largest absolute Gasteiger partial charge is 0.444 e. The first-order chi connectivity index (χ1) is 22.9. The fourth-order valence-electron chi connectivity index (χ4n) is 8.23. The third-order valence-electron chi connectivity index (χ3n) is 10.2. The van der Waals surface area contributed by atoms with E-state index in [9.17, 15) is 9.59 Å². The van der Waals surface area contributed by atoms with Crippen LogP contribution in [0.2, 0.25) is 5.04 Å². The first-order valence-electron chi connectivity index (χ1n) is 17.8. The molecule has 3 aromatic rings. The number of hydrogen-bond acceptors (Lipinski definition) is 5. The lowest BCUT2D eigenvalue weighted by atomic mass is 9.68. The lowest BCUT2D eigenvalue weighted by Gasteiger charge is -2.48. The number of Topliss-reactive ketones (excluding diaryl/α,β-unsaturated/α-hetero) is 1. The Balaban J connectivity index is 1.37. The van der Waals surface area contributed by atoms with E-state index >= 15 is 0 Å². The molecule has 1 amide bonds. The fourth-order valence-corrected chi connectivity index (χ4v) is 12.8. The quantitative estimate of drug-likeness (QED) is 0.153. The van der Waals surface area contributed by atoms with Gasteiger partial charge in [0.05, 0.1) is 24.8 Å². The zero-order chi connectivity index (χ0) is 34.4. The number of carbonyl (C=O) groups is 2. The van der Waals surface area contributed by atoms with Crippen LogP contribution in [0.4, 0.5) is 4.79 Å². The molecule has 3 aromatic carbocycles. The molecule has 0 unspecified atom stereocenters. The van der Waals surface area contributed by atoms with Gasteiger partial charge in [0.2, 0.25) is 0 Å². The zero-order valence-corrected chi connectivity index (χ0v) is 30.9. The maximum atomic E-state index is 14.0. The van der Waals surface area contributed by atoms with Crippen LogP contribution in [0.1, 0.15) is 92.1 Å². The van der Waals surface area contributed by atoms with Gasteiger partial charge in [-0.3, -0.25) is 9.69 Å². The minimum absolute atomic E-state index is 0.122. The number of benzene rings is 3. The fraction of sp³-hybridized carbons (Fsp3) is 0.512. The summed E-state index contributed by atoms with van der Waals surface area (Å²) in [6.07, 6.45) is 4.77. The molecule has 0 N–H and O–H groups in total. The summed E-state index contributed by atoms with van der Waals surface area (Å²) in [6.45, 7) is 14.0. The lowest BCUT2D eigenvalue weighted by molar-refractivity contribution is -0.132. The smallest absolute Gasteiger partial charge is 0.411 e. The molecular weight excluding hydrogens is 615 g/mol. The van der Waals surface area contributed by atoms with Gasteiger partial charge in [-0.2, -0.15) is 0 Å². The predicted molar refractivity (Wildman–Crippen MR) is 195 cm³/mol. The van der Waals surface area contributed by atoms with Crippen molar-refractivity contribution in [3.05, 3.63) is 96.6 Å². The second-order valence-electron chi connectivity index (χ2n) is 15.7. The van der Waals surface area contributed by atoms with Crippen LogP contribution in [0.5, 0.6) is 0 Å². The molecule has 1 aliphatic carbocycles. The second kappa shape index (κ2) is 15.1. The van der Waals surface area contributed by atoms with Gasteiger partial charge >= 0.3 is 6.09 Å². The van der Waals surface area contributed by atoms with Crippen molar-refractivity contribution in [2.45, 2.75) is 115 Å². The monoisotopic (exact) mass is 669 g/mol. The molecule has 2 fully saturated rings. The lowest BCUT2D eigenvalue weighted by Crippen LogP contribution is -2.66. The Bertz CT molecular complexity index is 1440. The highest BCUT2D eigenvalue weighted by molar-refractivity contribution is 6.99. The molecule has 0 bridgehead atoms. The summed E-state index contributed by atoms with van der Waals surface area (Å²) < 4.78 is 19.4. The highest BCUT2D eigenvalue weighted by atomic mass is 28.4. The Hall–Kier alpha value is -3.26. The topological polar surface area (TPSA) is 65.1 Å². The first-order valence-corrected chi connectivity index (χ1v) is 19.7. The van der Waals surface area contributed by atoms with E-state index in [0.29, 0.717) is 32.7 Å². The van der Waals surface area contributed by atoms with Crippen molar-refractivity contribution in [3.63, 3.8) is 0 Å². The van der Waals surface area contributed by atoms with Crippen molar-refractivity contribution in [3.8, 4) is 0 Å². The van der Waals surface area contributed by atoms with E-state index in [-0.39, 0.29) is 28.9 Å². The van der Waals surface area contributed by atoms with E-state index in [1.165, 1.54) is 10.4 Å². The SMILES string of the molecule is CC(C)(C)OC(=O)N1[C@H](COCc2ccccc2)CC[C@]12CCCC(=O)[C@H]2CCCO[Si](c1ccccc1)(c1ccccc1)C(C)(C)C. The summed E-state index contributed by atoms with van der Waals surface area (Å²) in [6, 6.07) is 31.3. The van der Waals surface area contributed by atoms with Gasteiger partial charge in [-0.15, -0.1) is 0 Å². The van der Waals surface area contributed by atoms with Crippen molar-refractivity contribution >= 4 is 30.6 Å². The normalized spacial score (nSPS) is 21.9. The highest BCUT2D eigenvalue weighted by Crippen LogP contribution is 2.49. The summed E-state index contributed by atoms with van der Waals surface area (Å²) in [4.78, 5) is 29.8. The first kappa shape index (κ1) is 36.0. The molecule has 258 valence electrons. The van der Waals surface area contributed by atoms with Crippen molar-refractivity contribution in [1.82, 2.24) is 4.90 Å². The van der Waals surface area contributed by atoms with Gasteiger partial charge in [0, 0.05) is 18.9 Å². The van der Waals surface area contributed by atoms with Crippen LogP contribution in [-0.4, -0.2) is 55.5 Å². The number of carbonyl (C=O) groups excluding carboxylic acids is 2. The van der Waals surface area contributed by atoms with E-state index in [1.807, 2.05) is 56.0 Å². The molecule has 0 aromatic heterocycles. The molecule has 5 rings (SSSR count). The van der Waals surface area contributed by atoms with Gasteiger partial charge in [-0.1, -0.05) is 112 Å². The van der Waals surface area contributed by atoms with E-state index < -0.39 is 19.5 Å². The van der Waals surface area contributed by atoms with E-state index in [2.05, 4.69) is 81.4 Å². The van der Waals surface area contributed by atoms with Crippen LogP contribution in [0, 0.1) is 5.92 Å². The number of likely N-dealkylation sites (tertiary alicyclic amines) is 1. The van der Waals surface area contributed by atoms with Crippen LogP contribution in [0.25, 0.3) is 0 Å². The molecule has 1 saturated carbocycles. The van der Waals surface area contributed by atoms with Gasteiger partial charge in [-0.05, 0) is 80.3 Å². The number of amides is 1. The number of ketones is 1. The average Bonchev–Trinajstić information content (AvgIpc) is 3.40. The predicted octanol–water partition coefficient (Wildman–Crippen LogP) is 8.07. The Labute approximate surface area is 289 Å². The van der Waals surface area contributed by atoms with E-state index in [4.69, 9.17) is 13.9 Å². The van der Waals surface area contributed by atoms with Gasteiger partial charge in [0.15, 0.2) is 0 Å². The summed E-state index contributed by atoms with van der Waals surface area (Å²) in [5.74, 6) is -0.00763.